The zero-order chi connectivity index (χ0) is 22.5. The van der Waals surface area contributed by atoms with Crippen LogP contribution in [-0.4, -0.2) is 52.9 Å². The maximum Gasteiger partial charge on any atom is 0.255 e. The largest absolute Gasteiger partial charge is 0.489 e. The fourth-order valence-corrected chi connectivity index (χ4v) is 6.09. The molecule has 6 heteroatoms. The van der Waals surface area contributed by atoms with Crippen LogP contribution in [0.1, 0.15) is 74.7 Å². The van der Waals surface area contributed by atoms with Crippen LogP contribution in [0.5, 0.6) is 5.75 Å². The monoisotopic (exact) mass is 437 g/mol. The first kappa shape index (κ1) is 21.5. The number of nitrogens with one attached hydrogen (secondary N) is 1. The molecule has 1 saturated carbocycles. The van der Waals surface area contributed by atoms with Gasteiger partial charge in [-0.05, 0) is 80.7 Å². The SMILES string of the molecule is C=C1CCC(N2Cc3cc(O[C@H]4CCC[C@H]4N4CCCC(C)(C)C4)ccc3C2=O)C(=O)N1. The molecule has 3 aliphatic heterocycles. The minimum absolute atomic E-state index is 0.0616. The van der Waals surface area contributed by atoms with Crippen LogP contribution in [0.2, 0.25) is 0 Å². The van der Waals surface area contributed by atoms with E-state index in [1.807, 2.05) is 18.2 Å². The molecule has 32 heavy (non-hydrogen) atoms. The van der Waals surface area contributed by atoms with Gasteiger partial charge in [0.15, 0.2) is 0 Å². The van der Waals surface area contributed by atoms with Gasteiger partial charge in [0, 0.05) is 30.4 Å². The molecule has 1 N–H and O–H groups in total. The summed E-state index contributed by atoms with van der Waals surface area (Å²) < 4.78 is 6.52. The smallest absolute Gasteiger partial charge is 0.255 e. The van der Waals surface area contributed by atoms with Crippen LogP contribution >= 0.6 is 0 Å². The van der Waals surface area contributed by atoms with Crippen molar-refractivity contribution in [1.82, 2.24) is 15.1 Å². The van der Waals surface area contributed by atoms with Crippen LogP contribution in [0.15, 0.2) is 30.5 Å². The van der Waals surface area contributed by atoms with E-state index in [1.165, 1.54) is 25.7 Å². The fraction of sp³-hybridized carbons (Fsp3) is 0.615. The number of allylic oxidation sites excluding steroid dienone is 1. The molecule has 0 bridgehead atoms. The lowest BCUT2D eigenvalue weighted by molar-refractivity contribution is -0.126. The van der Waals surface area contributed by atoms with Crippen molar-refractivity contribution in [3.05, 3.63) is 41.6 Å². The van der Waals surface area contributed by atoms with E-state index in [1.54, 1.807) is 4.90 Å². The third kappa shape index (κ3) is 4.05. The van der Waals surface area contributed by atoms with Crippen molar-refractivity contribution in [2.24, 2.45) is 5.41 Å². The van der Waals surface area contributed by atoms with Crippen LogP contribution in [0.3, 0.4) is 0 Å². The predicted octanol–water partition coefficient (Wildman–Crippen LogP) is 3.86. The van der Waals surface area contributed by atoms with Gasteiger partial charge in [-0.1, -0.05) is 20.4 Å². The van der Waals surface area contributed by atoms with Gasteiger partial charge < -0.3 is 15.0 Å². The number of rotatable bonds is 4. The number of amides is 2. The summed E-state index contributed by atoms with van der Waals surface area (Å²) in [5, 5.41) is 2.80. The van der Waals surface area contributed by atoms with Crippen molar-refractivity contribution in [2.45, 2.75) is 83.5 Å². The number of benzene rings is 1. The number of carbonyl (C=O) groups excluding carboxylic acids is 2. The Kier molecular flexibility index (Phi) is 5.52. The number of nitrogens with zero attached hydrogens (tertiary/aromatic N) is 2. The summed E-state index contributed by atoms with van der Waals surface area (Å²) in [5.74, 6) is 0.652. The second-order valence-corrected chi connectivity index (χ2v) is 10.8. The highest BCUT2D eigenvalue weighted by atomic mass is 16.5. The summed E-state index contributed by atoms with van der Waals surface area (Å²) in [6.07, 6.45) is 7.57. The van der Waals surface area contributed by atoms with E-state index in [9.17, 15) is 9.59 Å². The van der Waals surface area contributed by atoms with Crippen LogP contribution in [-0.2, 0) is 11.3 Å². The van der Waals surface area contributed by atoms with E-state index in [2.05, 4.69) is 30.6 Å². The Bertz CT molecular complexity index is 940. The molecule has 0 spiro atoms. The lowest BCUT2D eigenvalue weighted by Crippen LogP contribution is -2.49. The Morgan fingerprint density at radius 3 is 2.78 bits per heavy atom. The molecule has 0 aromatic heterocycles. The van der Waals surface area contributed by atoms with E-state index in [0.717, 1.165) is 36.5 Å². The molecule has 4 aliphatic rings. The zero-order valence-corrected chi connectivity index (χ0v) is 19.4. The van der Waals surface area contributed by atoms with E-state index >= 15 is 0 Å². The molecule has 172 valence electrons. The minimum Gasteiger partial charge on any atom is -0.489 e. The maximum absolute atomic E-state index is 13.0. The summed E-state index contributed by atoms with van der Waals surface area (Å²) in [6, 6.07) is 5.87. The molecule has 2 saturated heterocycles. The van der Waals surface area contributed by atoms with Crippen LogP contribution in [0.25, 0.3) is 0 Å². The first-order valence-corrected chi connectivity index (χ1v) is 12.1. The number of likely N-dealkylation sites (tertiary alicyclic amines) is 1. The molecule has 3 atom stereocenters. The van der Waals surface area contributed by atoms with Crippen molar-refractivity contribution in [1.29, 1.82) is 0 Å². The molecule has 1 unspecified atom stereocenters. The van der Waals surface area contributed by atoms with Gasteiger partial charge in [0.2, 0.25) is 5.91 Å². The predicted molar refractivity (Wildman–Crippen MR) is 123 cm³/mol. The van der Waals surface area contributed by atoms with Gasteiger partial charge in [-0.15, -0.1) is 0 Å². The molecule has 0 radical (unpaired) electrons. The first-order chi connectivity index (χ1) is 15.3. The Morgan fingerprint density at radius 2 is 2.00 bits per heavy atom. The van der Waals surface area contributed by atoms with E-state index in [0.29, 0.717) is 36.4 Å². The van der Waals surface area contributed by atoms with Crippen molar-refractivity contribution < 1.29 is 14.3 Å². The normalized spacial score (nSPS) is 30.4. The molecular weight excluding hydrogens is 402 g/mol. The average Bonchev–Trinajstić information content (AvgIpc) is 3.32. The summed E-state index contributed by atoms with van der Waals surface area (Å²) in [5.41, 5.74) is 2.75. The quantitative estimate of drug-likeness (QED) is 0.777. The van der Waals surface area contributed by atoms with Gasteiger partial charge in [-0.25, -0.2) is 0 Å². The molecule has 5 rings (SSSR count). The highest BCUT2D eigenvalue weighted by Crippen LogP contribution is 2.36. The van der Waals surface area contributed by atoms with Gasteiger partial charge in [-0.3, -0.25) is 14.5 Å². The van der Waals surface area contributed by atoms with Crippen molar-refractivity contribution >= 4 is 11.8 Å². The number of piperidine rings is 2. The number of ether oxygens (including phenoxy) is 1. The summed E-state index contributed by atoms with van der Waals surface area (Å²) in [6.45, 7) is 11.3. The summed E-state index contributed by atoms with van der Waals surface area (Å²) in [4.78, 5) is 29.7. The van der Waals surface area contributed by atoms with E-state index in [4.69, 9.17) is 4.74 Å². The zero-order valence-electron chi connectivity index (χ0n) is 19.4. The van der Waals surface area contributed by atoms with Gasteiger partial charge in [-0.2, -0.15) is 0 Å². The van der Waals surface area contributed by atoms with Gasteiger partial charge in [0.1, 0.15) is 17.9 Å². The molecule has 2 amide bonds. The third-order valence-electron chi connectivity index (χ3n) is 7.71. The Labute approximate surface area is 191 Å². The second kappa shape index (κ2) is 8.22. The van der Waals surface area contributed by atoms with Crippen molar-refractivity contribution in [2.75, 3.05) is 13.1 Å². The lowest BCUT2D eigenvalue weighted by atomic mass is 9.83. The molecule has 6 nitrogen and oxygen atoms in total. The molecule has 1 aliphatic carbocycles. The Hall–Kier alpha value is -2.34. The van der Waals surface area contributed by atoms with Gasteiger partial charge in [0.05, 0.1) is 0 Å². The summed E-state index contributed by atoms with van der Waals surface area (Å²) in [7, 11) is 0. The van der Waals surface area contributed by atoms with E-state index < -0.39 is 6.04 Å². The average molecular weight is 438 g/mol. The van der Waals surface area contributed by atoms with Gasteiger partial charge in [0.25, 0.3) is 5.91 Å². The van der Waals surface area contributed by atoms with Crippen molar-refractivity contribution in [3.63, 3.8) is 0 Å². The number of hydrogen-bond acceptors (Lipinski definition) is 4. The second-order valence-electron chi connectivity index (χ2n) is 10.8. The molecule has 1 aromatic carbocycles. The van der Waals surface area contributed by atoms with Crippen LogP contribution in [0.4, 0.5) is 0 Å². The third-order valence-corrected chi connectivity index (χ3v) is 7.71. The number of fused-ring (bicyclic) bond motifs is 1. The highest BCUT2D eigenvalue weighted by molar-refractivity contribution is 6.01. The fourth-order valence-electron chi connectivity index (χ4n) is 6.09. The summed E-state index contributed by atoms with van der Waals surface area (Å²) >= 11 is 0. The standard InChI is InChI=1S/C26H35N3O3/c1-17-8-11-22(24(30)27-17)29-15-18-14-19(9-10-20(18)25(29)31)32-23-7-4-6-21(23)28-13-5-12-26(2,3)16-28/h9-10,14,21-23H,1,4-8,11-13,15-16H2,2-3H3,(H,27,30)/t21-,22?,23+/m1/s1. The molecule has 1 aromatic rings. The van der Waals surface area contributed by atoms with Crippen LogP contribution in [0, 0.1) is 5.41 Å². The highest BCUT2D eigenvalue weighted by Gasteiger charge is 2.40. The van der Waals surface area contributed by atoms with Crippen molar-refractivity contribution in [3.8, 4) is 5.75 Å². The Balaban J connectivity index is 1.28. The van der Waals surface area contributed by atoms with E-state index in [-0.39, 0.29) is 17.9 Å². The number of carbonyl (C=O) groups is 2. The lowest BCUT2D eigenvalue weighted by Gasteiger charge is -2.42. The topological polar surface area (TPSA) is 61.9 Å². The first-order valence-electron chi connectivity index (χ1n) is 12.1. The Morgan fingerprint density at radius 1 is 1.16 bits per heavy atom. The minimum atomic E-state index is -0.425. The van der Waals surface area contributed by atoms with Crippen LogP contribution < -0.4 is 10.1 Å². The maximum atomic E-state index is 13.0. The number of hydrogen-bond donors (Lipinski definition) is 1. The molecule has 3 fully saturated rings. The molecule has 3 heterocycles. The molecular formula is C26H35N3O3. The van der Waals surface area contributed by atoms with Gasteiger partial charge >= 0.3 is 0 Å².